The minimum absolute atomic E-state index is 0.0387. The third-order valence-corrected chi connectivity index (χ3v) is 6.00. The molecule has 0 saturated carbocycles. The predicted molar refractivity (Wildman–Crippen MR) is 112 cm³/mol. The third kappa shape index (κ3) is 2.64. The van der Waals surface area contributed by atoms with E-state index in [-0.39, 0.29) is 28.4 Å². The minimum Gasteiger partial charge on any atom is -0.454 e. The number of rotatable bonds is 3. The Hall–Kier alpha value is -3.26. The molecule has 2 aromatic carbocycles. The number of nitro benzene ring substituents is 1. The summed E-state index contributed by atoms with van der Waals surface area (Å²) in [4.78, 5) is 37.8. The Bertz CT molecular complexity index is 1150. The van der Waals surface area contributed by atoms with Crippen LogP contribution < -0.4 is 10.1 Å². The first kappa shape index (κ1) is 21.0. The number of carbonyl (C=O) groups is 2. The van der Waals surface area contributed by atoms with Crippen molar-refractivity contribution in [3.05, 3.63) is 68.8 Å². The van der Waals surface area contributed by atoms with Crippen LogP contribution in [0.4, 0.5) is 5.69 Å². The summed E-state index contributed by atoms with van der Waals surface area (Å²) in [6.45, 7) is 9.00. The number of hydrogen-bond acceptors (Lipinski definition) is 6. The van der Waals surface area contributed by atoms with Gasteiger partial charge in [-0.2, -0.15) is 0 Å². The van der Waals surface area contributed by atoms with E-state index in [4.69, 9.17) is 4.74 Å². The molecule has 2 N–H and O–H groups in total. The number of hydrogen-bond donors (Lipinski definition) is 2. The molecule has 2 aromatic rings. The van der Waals surface area contributed by atoms with Gasteiger partial charge in [0.05, 0.1) is 4.92 Å². The van der Waals surface area contributed by atoms with E-state index in [1.165, 1.54) is 18.2 Å². The molecular formula is C23H24N2O6. The van der Waals surface area contributed by atoms with Gasteiger partial charge in [0.25, 0.3) is 11.5 Å². The first-order valence-electron chi connectivity index (χ1n) is 10.1. The smallest absolute Gasteiger partial charge is 0.280 e. The Morgan fingerprint density at radius 1 is 1.19 bits per heavy atom. The van der Waals surface area contributed by atoms with Gasteiger partial charge < -0.3 is 15.2 Å². The van der Waals surface area contributed by atoms with Gasteiger partial charge in [-0.05, 0) is 17.5 Å². The maximum atomic E-state index is 13.8. The van der Waals surface area contributed by atoms with Crippen LogP contribution in [0.3, 0.4) is 0 Å². The summed E-state index contributed by atoms with van der Waals surface area (Å²) in [5.74, 6) is -3.17. The molecule has 2 unspecified atom stereocenters. The summed E-state index contributed by atoms with van der Waals surface area (Å²) in [7, 11) is 0. The first-order chi connectivity index (χ1) is 14.3. The molecule has 0 aromatic heterocycles. The highest BCUT2D eigenvalue weighted by Crippen LogP contribution is 2.59. The van der Waals surface area contributed by atoms with Crippen LogP contribution in [0.5, 0.6) is 5.75 Å². The predicted octanol–water partition coefficient (Wildman–Crippen LogP) is 3.51. The summed E-state index contributed by atoms with van der Waals surface area (Å²) in [5.41, 5.74) is -2.48. The zero-order valence-corrected chi connectivity index (χ0v) is 18.0. The lowest BCUT2D eigenvalue weighted by atomic mass is 9.81. The number of ether oxygens (including phenoxy) is 1. The summed E-state index contributed by atoms with van der Waals surface area (Å²) in [6.07, 6.45) is 0. The maximum absolute atomic E-state index is 13.8. The number of nitrogens with zero attached hydrogens (tertiary/aromatic N) is 1. The number of nitrogens with one attached hydrogen (secondary N) is 1. The summed E-state index contributed by atoms with van der Waals surface area (Å²) >= 11 is 0. The van der Waals surface area contributed by atoms with Crippen molar-refractivity contribution >= 4 is 17.4 Å². The molecule has 162 valence electrons. The van der Waals surface area contributed by atoms with E-state index >= 15 is 0 Å². The van der Waals surface area contributed by atoms with Crippen LogP contribution in [0.25, 0.3) is 0 Å². The highest BCUT2D eigenvalue weighted by molar-refractivity contribution is 6.14. The lowest BCUT2D eigenvalue weighted by molar-refractivity contribution is -0.385. The topological polar surface area (TPSA) is 119 Å². The van der Waals surface area contributed by atoms with Crippen molar-refractivity contribution in [3.8, 4) is 5.75 Å². The van der Waals surface area contributed by atoms with Crippen LogP contribution >= 0.6 is 0 Å². The average Bonchev–Trinajstić information content (AvgIpc) is 3.04. The van der Waals surface area contributed by atoms with Crippen molar-refractivity contribution in [2.45, 2.75) is 51.9 Å². The number of ketones is 1. The van der Waals surface area contributed by atoms with Gasteiger partial charge in [-0.1, -0.05) is 58.9 Å². The molecule has 4 rings (SSSR count). The van der Waals surface area contributed by atoms with Gasteiger partial charge in [0.15, 0.2) is 0 Å². The lowest BCUT2D eigenvalue weighted by Crippen LogP contribution is -2.61. The highest BCUT2D eigenvalue weighted by atomic mass is 16.6. The fourth-order valence-corrected chi connectivity index (χ4v) is 4.21. The van der Waals surface area contributed by atoms with Crippen molar-refractivity contribution < 1.29 is 24.4 Å². The van der Waals surface area contributed by atoms with Gasteiger partial charge in [-0.25, -0.2) is 0 Å². The van der Waals surface area contributed by atoms with E-state index in [0.717, 1.165) is 5.56 Å². The third-order valence-electron chi connectivity index (χ3n) is 6.00. The van der Waals surface area contributed by atoms with Crippen molar-refractivity contribution in [2.75, 3.05) is 0 Å². The van der Waals surface area contributed by atoms with Gasteiger partial charge in [0, 0.05) is 22.6 Å². The lowest BCUT2D eigenvalue weighted by Gasteiger charge is -2.36. The fraction of sp³-hybridized carbons (Fsp3) is 0.391. The molecule has 0 spiro atoms. The van der Waals surface area contributed by atoms with Crippen molar-refractivity contribution in [1.29, 1.82) is 0 Å². The highest BCUT2D eigenvalue weighted by Gasteiger charge is 2.73. The molecule has 1 aliphatic carbocycles. The van der Waals surface area contributed by atoms with Crippen LogP contribution in [-0.4, -0.2) is 21.7 Å². The fourth-order valence-electron chi connectivity index (χ4n) is 4.21. The van der Waals surface area contributed by atoms with Crippen LogP contribution in [-0.2, 0) is 16.1 Å². The molecule has 8 nitrogen and oxygen atoms in total. The number of carbonyl (C=O) groups excluding carboxylic acids is 2. The van der Waals surface area contributed by atoms with Crippen molar-refractivity contribution in [1.82, 2.24) is 5.32 Å². The number of nitro groups is 1. The largest absolute Gasteiger partial charge is 0.454 e. The Morgan fingerprint density at radius 2 is 1.87 bits per heavy atom. The van der Waals surface area contributed by atoms with E-state index in [1.54, 1.807) is 39.0 Å². The number of fused-ring (bicyclic) bond motifs is 5. The zero-order chi connectivity index (χ0) is 22.9. The normalized spacial score (nSPS) is 23.8. The van der Waals surface area contributed by atoms with Crippen molar-refractivity contribution in [2.24, 2.45) is 5.41 Å². The average molecular weight is 424 g/mol. The van der Waals surface area contributed by atoms with Crippen LogP contribution in [0.15, 0.2) is 36.4 Å². The number of amides is 1. The Labute approximate surface area is 179 Å². The van der Waals surface area contributed by atoms with E-state index < -0.39 is 39.0 Å². The molecule has 8 heteroatoms. The van der Waals surface area contributed by atoms with Crippen LogP contribution in [0.1, 0.15) is 67.6 Å². The summed E-state index contributed by atoms with van der Waals surface area (Å²) < 4.78 is 5.96. The Kier molecular flexibility index (Phi) is 4.31. The number of benzene rings is 2. The zero-order valence-electron chi connectivity index (χ0n) is 18.0. The molecular weight excluding hydrogens is 400 g/mol. The molecule has 1 amide bonds. The molecule has 1 heterocycles. The molecule has 0 radical (unpaired) electrons. The maximum Gasteiger partial charge on any atom is 0.280 e. The Morgan fingerprint density at radius 3 is 2.45 bits per heavy atom. The minimum atomic E-state index is -2.32. The second-order valence-electron chi connectivity index (χ2n) is 9.40. The first-order valence-corrected chi connectivity index (χ1v) is 10.1. The number of Topliss-reactive ketones (excluding diaryl/α,β-unsaturated/α-hetero) is 1. The molecule has 0 bridgehead atoms. The summed E-state index contributed by atoms with van der Waals surface area (Å²) in [6, 6.07) is 9.17. The number of aliphatic hydroxyl groups is 1. The van der Waals surface area contributed by atoms with Gasteiger partial charge in [-0.15, -0.1) is 0 Å². The van der Waals surface area contributed by atoms with Gasteiger partial charge in [-0.3, -0.25) is 19.7 Å². The monoisotopic (exact) mass is 424 g/mol. The van der Waals surface area contributed by atoms with Gasteiger partial charge in [0.1, 0.15) is 11.3 Å². The SMILES string of the molecule is CC(C)c1ccc2c(c1)OC1(O)c3cccc([N+](=O)[O-])c3C(=O)C21NC(=O)C(C)(C)C. The van der Waals surface area contributed by atoms with Crippen molar-refractivity contribution in [3.63, 3.8) is 0 Å². The molecule has 31 heavy (non-hydrogen) atoms. The van der Waals surface area contributed by atoms with E-state index in [2.05, 4.69) is 5.32 Å². The molecule has 2 aliphatic rings. The molecule has 2 atom stereocenters. The van der Waals surface area contributed by atoms with Crippen LogP contribution in [0.2, 0.25) is 0 Å². The van der Waals surface area contributed by atoms with E-state index in [1.807, 2.05) is 13.8 Å². The molecule has 0 fully saturated rings. The van der Waals surface area contributed by atoms with Gasteiger partial charge in [0.2, 0.25) is 17.2 Å². The molecule has 0 saturated heterocycles. The van der Waals surface area contributed by atoms with Crippen LogP contribution in [0, 0.1) is 15.5 Å². The van der Waals surface area contributed by atoms with E-state index in [0.29, 0.717) is 0 Å². The second kappa shape index (κ2) is 6.37. The Balaban J connectivity index is 2.02. The summed E-state index contributed by atoms with van der Waals surface area (Å²) in [5, 5.41) is 26.1. The van der Waals surface area contributed by atoms with E-state index in [9.17, 15) is 24.8 Å². The standard InChI is InChI=1S/C23H24N2O6/c1-12(2)13-9-10-14-17(11-13)31-23(28)15-7-6-8-16(25(29)30)18(15)19(26)22(14,23)24-20(27)21(3,4)5/h6-12,28H,1-5H3,(H,24,27). The molecule has 1 aliphatic heterocycles. The second-order valence-corrected chi connectivity index (χ2v) is 9.40. The van der Waals surface area contributed by atoms with Gasteiger partial charge >= 0.3 is 0 Å². The quantitative estimate of drug-likeness (QED) is 0.575.